The Morgan fingerprint density at radius 1 is 0.520 bits per heavy atom. The maximum atomic E-state index is 12.2. The zero-order chi connectivity index (χ0) is 69.6. The molecule has 0 saturated carbocycles. The second kappa shape index (κ2) is 49.5. The molecule has 36 nitrogen and oxygen atoms in total. The molecule has 0 aromatic carbocycles. The molecular weight excluding hydrogens is 1380 g/mol. The third-order valence-electron chi connectivity index (χ3n) is 15.2. The van der Waals surface area contributed by atoms with E-state index in [1.165, 1.54) is 84.5 Å². The Bertz CT molecular complexity index is 2350. The minimum absolute atomic E-state index is 0. The fourth-order valence-electron chi connectivity index (χ4n) is 10.00. The summed E-state index contributed by atoms with van der Waals surface area (Å²) in [6.45, 7) is 31.0. The van der Waals surface area contributed by atoms with Gasteiger partial charge in [-0.15, -0.1) is 21.7 Å². The van der Waals surface area contributed by atoms with Crippen molar-refractivity contribution in [2.75, 3.05) is 202 Å². The Hall–Kier alpha value is -4.11. The van der Waals surface area contributed by atoms with E-state index in [4.69, 9.17) is 47.7 Å². The van der Waals surface area contributed by atoms with Gasteiger partial charge in [-0.05, 0) is 102 Å². The van der Waals surface area contributed by atoms with Gasteiger partial charge in [0.15, 0.2) is 6.19 Å². The van der Waals surface area contributed by atoms with E-state index in [9.17, 15) is 9.59 Å². The first-order valence-electron chi connectivity index (χ1n) is 32.1. The van der Waals surface area contributed by atoms with Crippen molar-refractivity contribution in [1.29, 1.82) is 5.26 Å². The quantitative estimate of drug-likeness (QED) is 0.0150. The van der Waals surface area contributed by atoms with Crippen LogP contribution in [0.25, 0.3) is 0 Å². The van der Waals surface area contributed by atoms with Crippen LogP contribution >= 0.6 is 61.1 Å². The fourth-order valence-corrected chi connectivity index (χ4v) is 12.3. The van der Waals surface area contributed by atoms with Crippen LogP contribution < -0.4 is 20.9 Å². The van der Waals surface area contributed by atoms with E-state index in [1.54, 1.807) is 9.80 Å². The van der Waals surface area contributed by atoms with Gasteiger partial charge in [0, 0.05) is 170 Å². The van der Waals surface area contributed by atoms with Gasteiger partial charge in [0.1, 0.15) is 72.3 Å². The second-order valence-electron chi connectivity index (χ2n) is 24.3. The number of aromatic nitrogens is 4. The number of likely N-dealkylation sites (tertiary alicyclic amines) is 2. The number of guanidine groups is 1. The lowest BCUT2D eigenvalue weighted by Gasteiger charge is -2.33. The van der Waals surface area contributed by atoms with E-state index in [2.05, 4.69) is 92.8 Å². The molecule has 2 aromatic heterocycles. The molecule has 2 aromatic rings. The van der Waals surface area contributed by atoms with Crippen LogP contribution in [0.15, 0.2) is 14.2 Å². The molecule has 7 saturated heterocycles. The summed E-state index contributed by atoms with van der Waals surface area (Å²) in [6.07, 6.45) is 9.09. The number of anilines is 2. The molecule has 7 aliphatic rings. The number of piperazine rings is 5. The normalized spacial score (nSPS) is 19.2. The van der Waals surface area contributed by atoms with E-state index >= 15 is 0 Å². The van der Waals surface area contributed by atoms with Crippen molar-refractivity contribution in [1.82, 2.24) is 66.7 Å². The highest BCUT2D eigenvalue weighted by molar-refractivity contribution is 7.93. The Kier molecular flexibility index (Phi) is 44.5. The zero-order valence-corrected chi connectivity index (χ0v) is 61.6. The van der Waals surface area contributed by atoms with Crippen LogP contribution in [0.1, 0.15) is 107 Å². The van der Waals surface area contributed by atoms with Gasteiger partial charge in [0.05, 0.1) is 35.5 Å². The molecule has 4 N–H and O–H groups in total. The predicted molar refractivity (Wildman–Crippen MR) is 376 cm³/mol. The number of rotatable bonds is 23. The minimum Gasteiger partial charge on any atom is -0.444 e. The van der Waals surface area contributed by atoms with Crippen molar-refractivity contribution < 1.29 is 79.4 Å². The number of oxime groups is 1. The van der Waals surface area contributed by atoms with E-state index < -0.39 is 11.2 Å². The number of ether oxygens (including phenoxy) is 2. The number of nitrogens with zero attached hydrogens (tertiary/aromatic N) is 17. The highest BCUT2D eigenvalue weighted by Gasteiger charge is 2.31. The van der Waals surface area contributed by atoms with E-state index in [0.717, 1.165) is 208 Å². The van der Waals surface area contributed by atoms with E-state index in [-0.39, 0.29) is 33.0 Å². The molecule has 2 amide bonds. The molecule has 9 rings (SSSR count). The lowest BCUT2D eigenvalue weighted by Crippen LogP contribution is -2.49. The number of carbonyl (C=O) groups is 2. The molecule has 7 fully saturated rings. The summed E-state index contributed by atoms with van der Waals surface area (Å²) >= 11 is 6.05. The van der Waals surface area contributed by atoms with Crippen molar-refractivity contribution in [3.05, 3.63) is 11.8 Å². The number of piperidine rings is 2. The highest BCUT2D eigenvalue weighted by Crippen LogP contribution is 2.28. The van der Waals surface area contributed by atoms with Gasteiger partial charge in [-0.2, -0.15) is 15.2 Å². The SMILES string of the molecule is C.C.COOSN1CCN(/C(N)=N/O)CC1.COOSN1CCN(C#N)CC1.COOSN1CCN(c2noc(CCC3CCN(C(=O)OC(C)(C)C)CC3)n2)CC1.COOSN1CCN(c2noc(CCC3CCN(C(=O)OC(C)(C)C)CC3)n2)CC1.COOSN1CCNCC1. The van der Waals surface area contributed by atoms with E-state index in [0.29, 0.717) is 48.6 Å². The van der Waals surface area contributed by atoms with Gasteiger partial charge < -0.3 is 64.2 Å². The van der Waals surface area contributed by atoms with Gasteiger partial charge in [-0.25, -0.2) is 55.6 Å². The van der Waals surface area contributed by atoms with Gasteiger partial charge in [-0.3, -0.25) is 0 Å². The van der Waals surface area contributed by atoms with Crippen LogP contribution in [0.3, 0.4) is 0 Å². The maximum Gasteiger partial charge on any atom is 0.410 e. The summed E-state index contributed by atoms with van der Waals surface area (Å²) in [5.41, 5.74) is 4.53. The Morgan fingerprint density at radius 3 is 1.14 bits per heavy atom. The molecule has 41 heteroatoms. The van der Waals surface area contributed by atoms with Gasteiger partial charge >= 0.3 is 12.2 Å². The summed E-state index contributed by atoms with van der Waals surface area (Å²) in [6, 6.07) is 0. The van der Waals surface area contributed by atoms with E-state index in [1.807, 2.05) is 60.0 Å². The molecule has 7 aliphatic heterocycles. The number of hydrogen-bond donors (Lipinski definition) is 3. The molecule has 0 bridgehead atoms. The summed E-state index contributed by atoms with van der Waals surface area (Å²) in [7, 11) is 7.43. The summed E-state index contributed by atoms with van der Waals surface area (Å²) in [4.78, 5) is 67.4. The number of nitrogens with two attached hydrogens (primary N) is 1. The number of hydrogen-bond acceptors (Lipinski definition) is 37. The van der Waals surface area contributed by atoms with Gasteiger partial charge in [0.2, 0.25) is 17.7 Å². The third-order valence-corrected chi connectivity index (χ3v) is 19.0. The van der Waals surface area contributed by atoms with Crippen LogP contribution in [0, 0.1) is 23.3 Å². The fraction of sp³-hybridized carbons (Fsp3) is 0.860. The number of aryl methyl sites for hydroxylation is 2. The monoisotopic (exact) mass is 1490 g/mol. The lowest BCUT2D eigenvalue weighted by atomic mass is 9.92. The Labute approximate surface area is 601 Å². The molecule has 9 heterocycles. The zero-order valence-electron chi connectivity index (χ0n) is 57.5. The van der Waals surface area contributed by atoms with Crippen LogP contribution in [-0.2, 0) is 68.4 Å². The smallest absolute Gasteiger partial charge is 0.410 e. The van der Waals surface area contributed by atoms with Gasteiger partial charge in [-0.1, -0.05) is 20.0 Å². The first-order chi connectivity index (χ1) is 46.2. The standard InChI is InChI=1S/2C19H33N5O5S.C6H14N4O3S.C6H11N3O2S.C5H12N2O2S.2CH4/c2*1-19(2,3)27-18(25)23-9-7-15(8-10-23)5-6-16-20-17(21-28-16)22-11-13-24(14-12-22)30-29-26-4;1-12-13-14-10-4-2-9(3-5-10)6(7)8-11;1-10-11-12-9-4-2-8(6-7)3-5-9;1-8-9-10-7-4-2-6-3-5-7;;/h2*15H,5-14H2,1-4H3;11H,2-5H2,1H3,(H2,7,8);2-5H2,1H3;6H,2-5H2,1H3;2*1H4. The highest BCUT2D eigenvalue weighted by atomic mass is 32.2. The van der Waals surface area contributed by atoms with Crippen LogP contribution in [0.2, 0.25) is 0 Å². The summed E-state index contributed by atoms with van der Waals surface area (Å²) in [5, 5.41) is 31.5. The topological polar surface area (TPSA) is 353 Å². The lowest BCUT2D eigenvalue weighted by molar-refractivity contribution is -0.163. The number of carbonyl (C=O) groups excluding carboxylic acids is 2. The first kappa shape index (κ1) is 88.1. The Morgan fingerprint density at radius 2 is 0.837 bits per heavy atom. The molecule has 0 radical (unpaired) electrons. The maximum absolute atomic E-state index is 12.2. The molecule has 0 aliphatic carbocycles. The molecule has 0 spiro atoms. The minimum atomic E-state index is -0.452. The average Bonchev–Trinajstić information content (AvgIpc) is 1.70. The summed E-state index contributed by atoms with van der Waals surface area (Å²) < 4.78 is 56.0. The van der Waals surface area contributed by atoms with Crippen molar-refractivity contribution >= 4 is 91.2 Å². The largest absolute Gasteiger partial charge is 0.444 e. The first-order valence-corrected chi connectivity index (χ1v) is 35.6. The van der Waals surface area contributed by atoms with Crippen molar-refractivity contribution in [3.8, 4) is 6.19 Å². The number of nitriles is 1. The van der Waals surface area contributed by atoms with Crippen molar-refractivity contribution in [2.45, 2.75) is 119 Å². The van der Waals surface area contributed by atoms with Crippen molar-refractivity contribution in [3.63, 3.8) is 0 Å². The van der Waals surface area contributed by atoms with Crippen LogP contribution in [0.4, 0.5) is 21.5 Å². The second-order valence-corrected chi connectivity index (χ2v) is 28.3. The summed E-state index contributed by atoms with van der Waals surface area (Å²) in [5.74, 6) is 3.94. The molecular formula is C57H111N19O17S5. The van der Waals surface area contributed by atoms with Crippen molar-refractivity contribution in [2.24, 2.45) is 22.7 Å². The Balaban J connectivity index is 0.000000340. The molecule has 566 valence electrons. The van der Waals surface area contributed by atoms with Crippen LogP contribution in [-0.4, -0.2) is 289 Å². The molecule has 98 heavy (non-hydrogen) atoms. The third kappa shape index (κ3) is 35.7. The van der Waals surface area contributed by atoms with Gasteiger partial charge in [0.25, 0.3) is 11.9 Å². The number of amides is 2. The van der Waals surface area contributed by atoms with Crippen LogP contribution in [0.5, 0.6) is 0 Å². The number of nitrogens with one attached hydrogen (secondary N) is 1. The molecule has 0 atom stereocenters. The average molecular weight is 1490 g/mol. The molecule has 0 unspecified atom stereocenters. The predicted octanol–water partition coefficient (Wildman–Crippen LogP) is 6.81.